The molecule has 0 aliphatic rings. The predicted molar refractivity (Wildman–Crippen MR) is 335 cm³/mol. The number of nitrogens with zero attached hydrogens (tertiary/aromatic N) is 8. The molecule has 0 heterocycles. The lowest BCUT2D eigenvalue weighted by atomic mass is 9.82. The highest BCUT2D eigenvalue weighted by molar-refractivity contribution is 7.99. The van der Waals surface area contributed by atoms with Crippen molar-refractivity contribution in [3.05, 3.63) is 83.4 Å². The van der Waals surface area contributed by atoms with Crippen LogP contribution in [0, 0.1) is 5.92 Å². The van der Waals surface area contributed by atoms with E-state index in [1.165, 1.54) is 29.6 Å². The molecule has 3 rings (SSSR count). The molecule has 4 amide bonds. The molecule has 3 aromatic rings. The second kappa shape index (κ2) is 33.4. The van der Waals surface area contributed by atoms with E-state index in [0.29, 0.717) is 120 Å². The lowest BCUT2D eigenvalue weighted by Gasteiger charge is -2.27. The van der Waals surface area contributed by atoms with Crippen molar-refractivity contribution in [2.24, 2.45) is 51.6 Å². The summed E-state index contributed by atoms with van der Waals surface area (Å²) in [4.78, 5) is 91.1. The highest BCUT2D eigenvalue weighted by atomic mass is 32.2. The lowest BCUT2D eigenvalue weighted by molar-refractivity contribution is -0.117. The van der Waals surface area contributed by atoms with Crippen LogP contribution in [0.3, 0.4) is 0 Å². The van der Waals surface area contributed by atoms with Gasteiger partial charge in [0.1, 0.15) is 17.5 Å². The van der Waals surface area contributed by atoms with Crippen molar-refractivity contribution in [3.63, 3.8) is 0 Å². The van der Waals surface area contributed by atoms with Crippen LogP contribution in [-0.4, -0.2) is 112 Å². The van der Waals surface area contributed by atoms with Crippen molar-refractivity contribution in [2.45, 2.75) is 141 Å². The molecule has 6 N–H and O–H groups in total. The summed E-state index contributed by atoms with van der Waals surface area (Å²) in [7, 11) is 0. The van der Waals surface area contributed by atoms with E-state index < -0.39 is 11.8 Å². The van der Waals surface area contributed by atoms with Gasteiger partial charge >= 0.3 is 0 Å². The maximum absolute atomic E-state index is 14.6. The van der Waals surface area contributed by atoms with E-state index in [2.05, 4.69) is 145 Å². The topological polar surface area (TPSA) is 241 Å². The Labute approximate surface area is 471 Å². The number of unbranched alkanes of at least 4 members (excludes halogenated alkanes) is 2. The molecule has 0 aliphatic carbocycles. The average Bonchev–Trinajstić information content (AvgIpc) is 3.46. The number of carbonyl (C=O) groups is 4. The molecule has 0 saturated carbocycles. The second-order valence-corrected chi connectivity index (χ2v) is 22.2. The molecule has 0 spiro atoms. The molecular formula is C59H83N13O4S2. The summed E-state index contributed by atoms with van der Waals surface area (Å²) in [5.74, 6) is 1.69. The van der Waals surface area contributed by atoms with Gasteiger partial charge in [0.05, 0.1) is 45.6 Å². The number of thioether (sulfide) groups is 2. The number of carbonyl (C=O) groups excluding carboxylic acids is 4. The first-order valence-corrected chi connectivity index (χ1v) is 28.5. The minimum atomic E-state index is -0.467. The molecule has 420 valence electrons. The Hall–Kier alpha value is -6.86. The van der Waals surface area contributed by atoms with Gasteiger partial charge in [0.15, 0.2) is 0 Å². The van der Waals surface area contributed by atoms with Gasteiger partial charge in [-0.05, 0) is 136 Å². The Morgan fingerprint density at radius 1 is 0.628 bits per heavy atom. The molecular weight excluding hydrogens is 1020 g/mol. The molecule has 0 saturated heterocycles. The van der Waals surface area contributed by atoms with Gasteiger partial charge in [0.25, 0.3) is 11.8 Å². The number of nitrogens with one attached hydrogen (secondary N) is 4. The zero-order valence-corrected chi connectivity index (χ0v) is 49.2. The van der Waals surface area contributed by atoms with E-state index in [9.17, 15) is 19.2 Å². The van der Waals surface area contributed by atoms with Crippen molar-refractivity contribution in [3.8, 4) is 0 Å². The number of guanidine groups is 1. The molecule has 3 aromatic carbocycles. The molecule has 19 heteroatoms. The van der Waals surface area contributed by atoms with Crippen LogP contribution in [0.2, 0.25) is 0 Å². The van der Waals surface area contributed by atoms with E-state index >= 15 is 0 Å². The van der Waals surface area contributed by atoms with Crippen LogP contribution in [0.25, 0.3) is 0 Å². The van der Waals surface area contributed by atoms with Crippen molar-refractivity contribution in [2.75, 3.05) is 59.0 Å². The van der Waals surface area contributed by atoms with Crippen LogP contribution >= 0.6 is 23.5 Å². The molecule has 1 atom stereocenters. The third-order valence-corrected chi connectivity index (χ3v) is 15.0. The Bertz CT molecular complexity index is 2730. The van der Waals surface area contributed by atoms with E-state index in [1.54, 1.807) is 24.3 Å². The van der Waals surface area contributed by atoms with Crippen molar-refractivity contribution in [1.29, 1.82) is 0 Å². The largest absolute Gasteiger partial charge is 0.368 e. The number of amides is 4. The number of nitrogens with two attached hydrogens (primary N) is 1. The molecule has 0 bridgehead atoms. The SMILES string of the molecule is C=CC(N=C)=NCCSc1c(NC(=O)CCCCN=C(CC)N=C)cc(C(C)(C)C)cc1NC(=O)c1cccc(C(=O)Nc2cc(C(C)(C)CC)cc(NC(=O)CCCCN=C(N)N=C)c2SCCN=C(N=C)C(C)CC)c1. The molecule has 1 unspecified atom stereocenters. The Kier molecular flexibility index (Phi) is 28.0. The van der Waals surface area contributed by atoms with E-state index in [0.717, 1.165) is 24.0 Å². The summed E-state index contributed by atoms with van der Waals surface area (Å²) in [6.45, 7) is 38.3. The minimum Gasteiger partial charge on any atom is -0.368 e. The van der Waals surface area contributed by atoms with Gasteiger partial charge in [-0.2, -0.15) is 0 Å². The zero-order valence-electron chi connectivity index (χ0n) is 47.5. The smallest absolute Gasteiger partial charge is 0.255 e. The van der Waals surface area contributed by atoms with E-state index in [1.807, 2.05) is 31.2 Å². The van der Waals surface area contributed by atoms with Crippen LogP contribution in [0.1, 0.15) is 152 Å². The number of hydrogen-bond acceptors (Lipinski definition) is 10. The summed E-state index contributed by atoms with van der Waals surface area (Å²) in [6.07, 6.45) is 6.83. The van der Waals surface area contributed by atoms with Crippen molar-refractivity contribution < 1.29 is 19.2 Å². The Balaban J connectivity index is 2.09. The number of amidine groups is 3. The fourth-order valence-corrected chi connectivity index (χ4v) is 9.28. The quantitative estimate of drug-likeness (QED) is 0.0187. The average molecular weight is 1100 g/mol. The summed E-state index contributed by atoms with van der Waals surface area (Å²) in [6, 6.07) is 14.3. The highest BCUT2D eigenvalue weighted by Crippen LogP contribution is 2.42. The standard InChI is InChI=1S/C59H83N13O4S2/c1-15-39(5)54(63-13)67-31-33-78-53-45(70-51(74)27-20-22-29-68-57(60)64-14)37-43(59(9,10)18-4)38-47(53)72-56(76)41-25-23-24-40(34-41)55(75)71-46-36-42(58(6,7)8)35-44(52(46)77-32-30-66-49(17-3)62-12)69-50(73)26-19-21-28-65-48(16-2)61-11/h17,23-25,34-39H,3,11-16,18-22,26-33H2,1-2,4-10H3,(H2,60,68)(H,69,73)(H,70,74)(H,71,75)(H,72,76). The maximum atomic E-state index is 14.6. The third-order valence-electron chi connectivity index (χ3n) is 12.8. The number of benzene rings is 3. The number of anilines is 4. The lowest BCUT2D eigenvalue weighted by Crippen LogP contribution is -2.21. The molecule has 0 aromatic heterocycles. The van der Waals surface area contributed by atoms with Crippen LogP contribution < -0.4 is 27.0 Å². The molecule has 78 heavy (non-hydrogen) atoms. The zero-order chi connectivity index (χ0) is 57.8. The Morgan fingerprint density at radius 2 is 1.13 bits per heavy atom. The van der Waals surface area contributed by atoms with Crippen LogP contribution in [0.5, 0.6) is 0 Å². The van der Waals surface area contributed by atoms with Crippen molar-refractivity contribution in [1.82, 2.24) is 0 Å². The maximum Gasteiger partial charge on any atom is 0.255 e. The normalized spacial score (nSPS) is 12.8. The molecule has 17 nitrogen and oxygen atoms in total. The van der Waals surface area contributed by atoms with E-state index in [-0.39, 0.29) is 58.5 Å². The van der Waals surface area contributed by atoms with Crippen molar-refractivity contribution >= 4 is 120 Å². The highest BCUT2D eigenvalue weighted by Gasteiger charge is 2.26. The first-order chi connectivity index (χ1) is 37.2. The number of aliphatic imine (C=N–C) groups is 8. The predicted octanol–water partition coefficient (Wildman–Crippen LogP) is 12.5. The van der Waals surface area contributed by atoms with Gasteiger partial charge in [-0.25, -0.2) is 20.0 Å². The van der Waals surface area contributed by atoms with Crippen LogP contribution in [-0.2, 0) is 20.4 Å². The van der Waals surface area contributed by atoms with Gasteiger partial charge in [0.2, 0.25) is 17.8 Å². The van der Waals surface area contributed by atoms with Gasteiger partial charge in [0, 0.05) is 60.9 Å². The van der Waals surface area contributed by atoms with Gasteiger partial charge in [-0.3, -0.25) is 39.1 Å². The summed E-state index contributed by atoms with van der Waals surface area (Å²) in [5, 5.41) is 12.6. The first kappa shape index (κ1) is 65.4. The minimum absolute atomic E-state index is 0.106. The fourth-order valence-electron chi connectivity index (χ4n) is 7.44. The van der Waals surface area contributed by atoms with Crippen LogP contribution in [0.15, 0.2) is 111 Å². The summed E-state index contributed by atoms with van der Waals surface area (Å²) >= 11 is 2.88. The Morgan fingerprint density at radius 3 is 1.56 bits per heavy atom. The third kappa shape index (κ3) is 21.5. The second-order valence-electron chi connectivity index (χ2n) is 20.0. The fraction of sp³-hybridized carbons (Fsp3) is 0.458. The molecule has 0 aliphatic heterocycles. The molecule has 0 radical (unpaired) electrons. The van der Waals surface area contributed by atoms with E-state index in [4.69, 9.17) is 10.7 Å². The number of rotatable bonds is 30. The summed E-state index contributed by atoms with van der Waals surface area (Å²) in [5.41, 5.74) is 9.28. The van der Waals surface area contributed by atoms with Crippen LogP contribution in [0.4, 0.5) is 22.7 Å². The van der Waals surface area contributed by atoms with Gasteiger partial charge in [-0.1, -0.05) is 75.0 Å². The monoisotopic (exact) mass is 1100 g/mol. The molecule has 0 fully saturated rings. The van der Waals surface area contributed by atoms with Gasteiger partial charge in [-0.15, -0.1) is 23.5 Å². The number of hydrogen-bond donors (Lipinski definition) is 5. The summed E-state index contributed by atoms with van der Waals surface area (Å²) < 4.78 is 0. The first-order valence-electron chi connectivity index (χ1n) is 26.5. The van der Waals surface area contributed by atoms with Gasteiger partial charge < -0.3 is 27.0 Å².